The van der Waals surface area contributed by atoms with Crippen molar-refractivity contribution in [3.8, 4) is 11.1 Å². The summed E-state index contributed by atoms with van der Waals surface area (Å²) in [5.41, 5.74) is 8.50. The molecule has 34 heavy (non-hydrogen) atoms. The van der Waals surface area contributed by atoms with E-state index in [0.29, 0.717) is 0 Å². The van der Waals surface area contributed by atoms with E-state index in [2.05, 4.69) is 113 Å². The first-order valence-electron chi connectivity index (χ1n) is 12.4. The normalized spacial score (nSPS) is 16.7. The van der Waals surface area contributed by atoms with Crippen molar-refractivity contribution in [1.29, 1.82) is 0 Å². The average molecular weight is 435 g/mol. The van der Waals surface area contributed by atoms with Gasteiger partial charge in [-0.1, -0.05) is 88.4 Å². The van der Waals surface area contributed by atoms with Crippen molar-refractivity contribution in [2.75, 3.05) is 0 Å². The van der Waals surface area contributed by atoms with E-state index in [-0.39, 0.29) is 10.8 Å². The molecule has 0 saturated heterocycles. The fourth-order valence-electron chi connectivity index (χ4n) is 7.14. The predicted octanol–water partition coefficient (Wildman–Crippen LogP) is 9.24. The van der Waals surface area contributed by atoms with Crippen LogP contribution in [-0.2, 0) is 10.8 Å². The summed E-state index contributed by atoms with van der Waals surface area (Å²) in [5.74, 6) is 0. The SMILES string of the molecule is CC1(C)c2cccc3ccc4cc(-c5cc6c7c(ccc8cccc(c87)C6(C)C)c5)cc1c4c23. The summed E-state index contributed by atoms with van der Waals surface area (Å²) >= 11 is 0. The highest BCUT2D eigenvalue weighted by molar-refractivity contribution is 6.17. The van der Waals surface area contributed by atoms with Gasteiger partial charge in [-0.05, 0) is 101 Å². The first kappa shape index (κ1) is 18.7. The molecule has 0 nitrogen and oxygen atoms in total. The fraction of sp³-hybridized carbons (Fsp3) is 0.176. The molecule has 0 aromatic heterocycles. The molecule has 6 aromatic rings. The highest BCUT2D eigenvalue weighted by atomic mass is 14.4. The zero-order valence-electron chi connectivity index (χ0n) is 20.1. The second kappa shape index (κ2) is 5.70. The van der Waals surface area contributed by atoms with Gasteiger partial charge in [0.05, 0.1) is 0 Å². The molecule has 0 radical (unpaired) electrons. The maximum Gasteiger partial charge on any atom is 0.0159 e. The van der Waals surface area contributed by atoms with Crippen LogP contribution in [0.2, 0.25) is 0 Å². The van der Waals surface area contributed by atoms with Gasteiger partial charge < -0.3 is 0 Å². The number of benzene rings is 6. The van der Waals surface area contributed by atoms with Gasteiger partial charge in [0.25, 0.3) is 0 Å². The topological polar surface area (TPSA) is 0 Å². The largest absolute Gasteiger partial charge is 0.0613 e. The Hall–Kier alpha value is -3.64. The summed E-state index contributed by atoms with van der Waals surface area (Å²) in [6, 6.07) is 32.6. The molecule has 0 atom stereocenters. The van der Waals surface area contributed by atoms with E-state index in [4.69, 9.17) is 0 Å². The highest BCUT2D eigenvalue weighted by Crippen LogP contribution is 2.52. The Morgan fingerprint density at radius 1 is 0.382 bits per heavy atom. The number of rotatable bonds is 1. The van der Waals surface area contributed by atoms with Crippen molar-refractivity contribution in [2.24, 2.45) is 0 Å². The number of hydrogen-bond acceptors (Lipinski definition) is 0. The van der Waals surface area contributed by atoms with Gasteiger partial charge in [0.2, 0.25) is 0 Å². The molecule has 0 spiro atoms. The Balaban J connectivity index is 1.45. The van der Waals surface area contributed by atoms with Crippen LogP contribution in [-0.4, -0.2) is 0 Å². The molecule has 0 aliphatic heterocycles. The fourth-order valence-corrected chi connectivity index (χ4v) is 7.14. The molecule has 162 valence electrons. The zero-order chi connectivity index (χ0) is 23.0. The summed E-state index contributed by atoms with van der Waals surface area (Å²) in [5, 5.41) is 11.2. The summed E-state index contributed by atoms with van der Waals surface area (Å²) in [6.45, 7) is 9.54. The van der Waals surface area contributed by atoms with E-state index in [1.54, 1.807) is 0 Å². The van der Waals surface area contributed by atoms with Crippen LogP contribution in [0.15, 0.2) is 84.9 Å². The van der Waals surface area contributed by atoms with E-state index in [9.17, 15) is 0 Å². The van der Waals surface area contributed by atoms with Crippen molar-refractivity contribution in [2.45, 2.75) is 38.5 Å². The van der Waals surface area contributed by atoms with Gasteiger partial charge in [0.1, 0.15) is 0 Å². The summed E-state index contributed by atoms with van der Waals surface area (Å²) in [6.07, 6.45) is 0. The van der Waals surface area contributed by atoms with Crippen LogP contribution in [0.1, 0.15) is 49.9 Å². The lowest BCUT2D eigenvalue weighted by atomic mass is 9.79. The standard InChI is InChI=1S/C34H26/c1-33(2)25-9-5-7-19-11-13-21-15-23(17-27(33)31(21)29(19)25)24-16-22-14-12-20-8-6-10-26-30(20)32(22)28(18-24)34(26,3)4/h5-18H,1-4H3. The molecular weight excluding hydrogens is 408 g/mol. The van der Waals surface area contributed by atoms with Crippen LogP contribution in [0.3, 0.4) is 0 Å². The Morgan fingerprint density at radius 2 is 0.765 bits per heavy atom. The lowest BCUT2D eigenvalue weighted by Gasteiger charge is -2.24. The number of hydrogen-bond donors (Lipinski definition) is 0. The van der Waals surface area contributed by atoms with Crippen molar-refractivity contribution >= 4 is 43.1 Å². The van der Waals surface area contributed by atoms with Gasteiger partial charge in [0, 0.05) is 10.8 Å². The summed E-state index contributed by atoms with van der Waals surface area (Å²) in [7, 11) is 0. The molecule has 2 aliphatic carbocycles. The van der Waals surface area contributed by atoms with Gasteiger partial charge in [-0.25, -0.2) is 0 Å². The lowest BCUT2D eigenvalue weighted by Crippen LogP contribution is -2.16. The van der Waals surface area contributed by atoms with E-state index >= 15 is 0 Å². The van der Waals surface area contributed by atoms with E-state index in [1.807, 2.05) is 0 Å². The minimum absolute atomic E-state index is 0.00671. The minimum atomic E-state index is 0.00671. The Kier molecular flexibility index (Phi) is 3.14. The van der Waals surface area contributed by atoms with Gasteiger partial charge in [-0.15, -0.1) is 0 Å². The van der Waals surface area contributed by atoms with Crippen LogP contribution in [0.5, 0.6) is 0 Å². The Labute approximate surface area is 199 Å². The second-order valence-corrected chi connectivity index (χ2v) is 11.4. The lowest BCUT2D eigenvalue weighted by molar-refractivity contribution is 0.662. The molecule has 0 N–H and O–H groups in total. The molecule has 8 rings (SSSR count). The molecule has 0 heterocycles. The average Bonchev–Trinajstić information content (AvgIpc) is 3.23. The van der Waals surface area contributed by atoms with Crippen molar-refractivity contribution in [1.82, 2.24) is 0 Å². The first-order chi connectivity index (χ1) is 16.4. The van der Waals surface area contributed by atoms with Crippen LogP contribution < -0.4 is 0 Å². The molecule has 0 fully saturated rings. The Morgan fingerprint density at radius 3 is 1.21 bits per heavy atom. The minimum Gasteiger partial charge on any atom is -0.0613 e. The molecule has 0 bridgehead atoms. The van der Waals surface area contributed by atoms with Crippen molar-refractivity contribution < 1.29 is 0 Å². The molecular formula is C34H26. The highest BCUT2D eigenvalue weighted by Gasteiger charge is 2.36. The summed E-state index contributed by atoms with van der Waals surface area (Å²) in [4.78, 5) is 0. The Bertz CT molecular complexity index is 1750. The van der Waals surface area contributed by atoms with Crippen LogP contribution in [0.25, 0.3) is 54.2 Å². The zero-order valence-corrected chi connectivity index (χ0v) is 20.1. The quantitative estimate of drug-likeness (QED) is 0.226. The third-order valence-corrected chi connectivity index (χ3v) is 8.94. The molecule has 2 aliphatic rings. The summed E-state index contributed by atoms with van der Waals surface area (Å²) < 4.78 is 0. The molecule has 0 unspecified atom stereocenters. The third-order valence-electron chi connectivity index (χ3n) is 8.94. The second-order valence-electron chi connectivity index (χ2n) is 11.4. The smallest absolute Gasteiger partial charge is 0.0159 e. The molecule has 0 heteroatoms. The monoisotopic (exact) mass is 434 g/mol. The van der Waals surface area contributed by atoms with E-state index in [1.165, 1.54) is 76.5 Å². The first-order valence-corrected chi connectivity index (χ1v) is 12.4. The van der Waals surface area contributed by atoms with Crippen molar-refractivity contribution in [3.63, 3.8) is 0 Å². The van der Waals surface area contributed by atoms with Crippen molar-refractivity contribution in [3.05, 3.63) is 107 Å². The maximum absolute atomic E-state index is 2.48. The maximum atomic E-state index is 2.48. The third kappa shape index (κ3) is 2.03. The molecule has 0 saturated carbocycles. The van der Waals surface area contributed by atoms with Crippen LogP contribution in [0, 0.1) is 0 Å². The van der Waals surface area contributed by atoms with Gasteiger partial charge in [-0.3, -0.25) is 0 Å². The molecule has 0 amide bonds. The molecule has 6 aromatic carbocycles. The van der Waals surface area contributed by atoms with Gasteiger partial charge in [-0.2, -0.15) is 0 Å². The van der Waals surface area contributed by atoms with Gasteiger partial charge in [0.15, 0.2) is 0 Å². The van der Waals surface area contributed by atoms with Crippen LogP contribution >= 0.6 is 0 Å². The predicted molar refractivity (Wildman–Crippen MR) is 146 cm³/mol. The van der Waals surface area contributed by atoms with E-state index < -0.39 is 0 Å². The van der Waals surface area contributed by atoms with Gasteiger partial charge >= 0.3 is 0 Å². The van der Waals surface area contributed by atoms with E-state index in [0.717, 1.165) is 0 Å². The van der Waals surface area contributed by atoms with Crippen LogP contribution in [0.4, 0.5) is 0 Å².